The molecule has 3 nitrogen and oxygen atoms in total. The molecule has 0 aliphatic heterocycles. The maximum absolute atomic E-state index is 12.4. The van der Waals surface area contributed by atoms with Gasteiger partial charge >= 0.3 is 6.18 Å². The van der Waals surface area contributed by atoms with Gasteiger partial charge in [-0.3, -0.25) is 4.79 Å². The summed E-state index contributed by atoms with van der Waals surface area (Å²) in [6.07, 6.45) is -4.40. The first-order chi connectivity index (χ1) is 10.8. The molecule has 0 atom stereocenters. The van der Waals surface area contributed by atoms with Gasteiger partial charge in [-0.25, -0.2) is 0 Å². The van der Waals surface area contributed by atoms with E-state index in [-0.39, 0.29) is 12.4 Å². The number of carbonyl (C=O) groups is 1. The van der Waals surface area contributed by atoms with Gasteiger partial charge in [0.1, 0.15) is 5.75 Å². The second-order valence-electron chi connectivity index (χ2n) is 4.84. The third kappa shape index (κ3) is 4.99. The van der Waals surface area contributed by atoms with Gasteiger partial charge in [-0.1, -0.05) is 6.07 Å². The van der Waals surface area contributed by atoms with E-state index in [2.05, 4.69) is 21.2 Å². The first-order valence-corrected chi connectivity index (χ1v) is 7.41. The molecule has 0 unspecified atom stereocenters. The van der Waals surface area contributed by atoms with Gasteiger partial charge in [0.15, 0.2) is 6.61 Å². The zero-order valence-corrected chi connectivity index (χ0v) is 13.7. The Morgan fingerprint density at radius 2 is 1.83 bits per heavy atom. The molecule has 0 radical (unpaired) electrons. The molecule has 23 heavy (non-hydrogen) atoms. The normalized spacial score (nSPS) is 11.2. The Labute approximate surface area is 139 Å². The number of carbonyl (C=O) groups excluding carboxylic acids is 1. The number of halogens is 4. The minimum atomic E-state index is -4.40. The number of rotatable bonds is 4. The lowest BCUT2D eigenvalue weighted by molar-refractivity contribution is -0.137. The Bertz CT molecular complexity index is 699. The number of nitrogens with one attached hydrogen (secondary N) is 1. The second kappa shape index (κ2) is 7.04. The Morgan fingerprint density at radius 1 is 1.17 bits per heavy atom. The molecule has 0 aliphatic carbocycles. The molecule has 7 heteroatoms. The fourth-order valence-corrected chi connectivity index (χ4v) is 2.39. The Kier molecular flexibility index (Phi) is 5.30. The highest BCUT2D eigenvalue weighted by molar-refractivity contribution is 9.10. The molecule has 2 aromatic rings. The number of hydrogen-bond acceptors (Lipinski definition) is 2. The van der Waals surface area contributed by atoms with Crippen molar-refractivity contribution in [2.45, 2.75) is 13.1 Å². The van der Waals surface area contributed by atoms with E-state index in [0.717, 1.165) is 22.2 Å². The minimum Gasteiger partial charge on any atom is -0.484 e. The average molecular weight is 388 g/mol. The van der Waals surface area contributed by atoms with Crippen molar-refractivity contribution in [1.82, 2.24) is 0 Å². The topological polar surface area (TPSA) is 38.3 Å². The Morgan fingerprint density at radius 3 is 2.39 bits per heavy atom. The van der Waals surface area contributed by atoms with E-state index in [1.165, 1.54) is 12.1 Å². The van der Waals surface area contributed by atoms with Crippen molar-refractivity contribution in [3.63, 3.8) is 0 Å². The average Bonchev–Trinajstić information content (AvgIpc) is 2.47. The summed E-state index contributed by atoms with van der Waals surface area (Å²) in [5, 5.41) is 2.65. The largest absolute Gasteiger partial charge is 0.484 e. The van der Waals surface area contributed by atoms with Crippen molar-refractivity contribution in [1.29, 1.82) is 0 Å². The zero-order chi connectivity index (χ0) is 17.0. The molecule has 2 rings (SSSR count). The molecule has 2 aromatic carbocycles. The molecule has 1 N–H and O–H groups in total. The van der Waals surface area contributed by atoms with Gasteiger partial charge in [-0.15, -0.1) is 0 Å². The summed E-state index contributed by atoms with van der Waals surface area (Å²) in [5.74, 6) is -0.217. The van der Waals surface area contributed by atoms with Crippen molar-refractivity contribution in [3.05, 3.63) is 58.1 Å². The van der Waals surface area contributed by atoms with E-state index >= 15 is 0 Å². The van der Waals surface area contributed by atoms with E-state index < -0.39 is 17.6 Å². The van der Waals surface area contributed by atoms with E-state index in [0.29, 0.717) is 5.69 Å². The standard InChI is InChI=1S/C16H13BrF3NO2/c1-10-2-7-14(13(17)8-10)21-15(22)9-23-12-5-3-11(4-6-12)16(18,19)20/h2-8H,9H2,1H3,(H,21,22). The molecule has 0 aliphatic rings. The highest BCUT2D eigenvalue weighted by atomic mass is 79.9. The van der Waals surface area contributed by atoms with Crippen LogP contribution in [-0.2, 0) is 11.0 Å². The van der Waals surface area contributed by atoms with Gasteiger partial charge in [-0.2, -0.15) is 13.2 Å². The highest BCUT2D eigenvalue weighted by Crippen LogP contribution is 2.30. The molecule has 0 fully saturated rings. The number of amides is 1. The van der Waals surface area contributed by atoms with E-state index in [4.69, 9.17) is 4.74 Å². The minimum absolute atomic E-state index is 0.191. The molecule has 122 valence electrons. The van der Waals surface area contributed by atoms with E-state index in [1.54, 1.807) is 6.07 Å². The number of ether oxygens (including phenoxy) is 1. The van der Waals surface area contributed by atoms with Gasteiger partial charge in [0.2, 0.25) is 0 Å². The van der Waals surface area contributed by atoms with Crippen molar-refractivity contribution >= 4 is 27.5 Å². The van der Waals surface area contributed by atoms with Gasteiger partial charge < -0.3 is 10.1 Å². The van der Waals surface area contributed by atoms with Crippen LogP contribution in [0, 0.1) is 6.92 Å². The lowest BCUT2D eigenvalue weighted by atomic mass is 10.2. The van der Waals surface area contributed by atoms with Gasteiger partial charge in [0, 0.05) is 4.47 Å². The summed E-state index contributed by atoms with van der Waals surface area (Å²) >= 11 is 3.34. The van der Waals surface area contributed by atoms with E-state index in [9.17, 15) is 18.0 Å². The van der Waals surface area contributed by atoms with Crippen LogP contribution >= 0.6 is 15.9 Å². The number of benzene rings is 2. The summed E-state index contributed by atoms with van der Waals surface area (Å²) in [7, 11) is 0. The molecule has 0 saturated heterocycles. The second-order valence-corrected chi connectivity index (χ2v) is 5.70. The van der Waals surface area contributed by atoms with Crippen LogP contribution in [-0.4, -0.2) is 12.5 Å². The molecule has 1 amide bonds. The number of aryl methyl sites for hydroxylation is 1. The summed E-state index contributed by atoms with van der Waals surface area (Å²) in [4.78, 5) is 11.8. The van der Waals surface area contributed by atoms with Crippen molar-refractivity contribution in [3.8, 4) is 5.75 Å². The van der Waals surface area contributed by atoms with Crippen LogP contribution in [0.3, 0.4) is 0 Å². The van der Waals surface area contributed by atoms with Crippen molar-refractivity contribution < 1.29 is 22.7 Å². The molecule has 0 heterocycles. The lowest BCUT2D eigenvalue weighted by Crippen LogP contribution is -2.20. The monoisotopic (exact) mass is 387 g/mol. The third-order valence-electron chi connectivity index (χ3n) is 2.95. The molecular weight excluding hydrogens is 375 g/mol. The molecule has 0 aromatic heterocycles. The quantitative estimate of drug-likeness (QED) is 0.818. The van der Waals surface area contributed by atoms with Crippen LogP contribution in [0.2, 0.25) is 0 Å². The smallest absolute Gasteiger partial charge is 0.416 e. The summed E-state index contributed by atoms with van der Waals surface area (Å²) < 4.78 is 43.2. The maximum Gasteiger partial charge on any atom is 0.416 e. The first-order valence-electron chi connectivity index (χ1n) is 6.62. The molecular formula is C16H13BrF3NO2. The predicted molar refractivity (Wildman–Crippen MR) is 84.4 cm³/mol. The Balaban J connectivity index is 1.91. The summed E-state index contributed by atoms with van der Waals surface area (Å²) in [6, 6.07) is 9.61. The van der Waals surface area contributed by atoms with Crippen LogP contribution in [0.4, 0.5) is 18.9 Å². The van der Waals surface area contributed by atoms with E-state index in [1.807, 2.05) is 19.1 Å². The van der Waals surface area contributed by atoms with Gasteiger partial charge in [-0.05, 0) is 64.8 Å². The van der Waals surface area contributed by atoms with Crippen LogP contribution in [0.25, 0.3) is 0 Å². The van der Waals surface area contributed by atoms with Gasteiger partial charge in [0.05, 0.1) is 11.3 Å². The number of anilines is 1. The first kappa shape index (κ1) is 17.3. The van der Waals surface area contributed by atoms with Crippen LogP contribution in [0.1, 0.15) is 11.1 Å². The third-order valence-corrected chi connectivity index (χ3v) is 3.61. The zero-order valence-electron chi connectivity index (χ0n) is 12.1. The van der Waals surface area contributed by atoms with Crippen LogP contribution in [0.5, 0.6) is 5.75 Å². The lowest BCUT2D eigenvalue weighted by Gasteiger charge is -2.10. The SMILES string of the molecule is Cc1ccc(NC(=O)COc2ccc(C(F)(F)F)cc2)c(Br)c1. The molecule has 0 bridgehead atoms. The molecule has 0 saturated carbocycles. The van der Waals surface area contributed by atoms with Crippen molar-refractivity contribution in [2.24, 2.45) is 0 Å². The fraction of sp³-hybridized carbons (Fsp3) is 0.188. The van der Waals surface area contributed by atoms with Gasteiger partial charge in [0.25, 0.3) is 5.91 Å². The highest BCUT2D eigenvalue weighted by Gasteiger charge is 2.30. The molecule has 0 spiro atoms. The van der Waals surface area contributed by atoms with Crippen LogP contribution < -0.4 is 10.1 Å². The number of alkyl halides is 3. The Hall–Kier alpha value is -2.02. The fourth-order valence-electron chi connectivity index (χ4n) is 1.80. The maximum atomic E-state index is 12.4. The number of hydrogen-bond donors (Lipinski definition) is 1. The van der Waals surface area contributed by atoms with Crippen LogP contribution in [0.15, 0.2) is 46.9 Å². The predicted octanol–water partition coefficient (Wildman–Crippen LogP) is 4.79. The summed E-state index contributed by atoms with van der Waals surface area (Å²) in [6.45, 7) is 1.62. The van der Waals surface area contributed by atoms with Crippen molar-refractivity contribution in [2.75, 3.05) is 11.9 Å². The summed E-state index contributed by atoms with van der Waals surface area (Å²) in [5.41, 5.74) is 0.866.